The summed E-state index contributed by atoms with van der Waals surface area (Å²) in [7, 11) is 0. The maximum absolute atomic E-state index is 14.4. The van der Waals surface area contributed by atoms with Gasteiger partial charge in [0.1, 0.15) is 11.4 Å². The molecule has 0 bridgehead atoms. The number of rotatable bonds is 2. The molecule has 3 aliphatic heterocycles. The first-order valence-electron chi connectivity index (χ1n) is 13.1. The van der Waals surface area contributed by atoms with E-state index >= 15 is 0 Å². The molecule has 1 spiro atoms. The van der Waals surface area contributed by atoms with Gasteiger partial charge in [0.2, 0.25) is 11.8 Å². The molecular formula is C31H28N4O3. The summed E-state index contributed by atoms with van der Waals surface area (Å²) in [4.78, 5) is 48.8. The van der Waals surface area contributed by atoms with Gasteiger partial charge in [0.15, 0.2) is 0 Å². The fraction of sp³-hybridized carbons (Fsp3) is 0.290. The monoisotopic (exact) mass is 504 g/mol. The van der Waals surface area contributed by atoms with Crippen LogP contribution in [-0.2, 0) is 15.1 Å². The Bertz CT molecular complexity index is 1760. The third-order valence-corrected chi connectivity index (χ3v) is 8.76. The number of benzene rings is 3. The zero-order valence-corrected chi connectivity index (χ0v) is 21.7. The quantitative estimate of drug-likeness (QED) is 0.418. The Morgan fingerprint density at radius 1 is 0.895 bits per heavy atom. The van der Waals surface area contributed by atoms with Crippen LogP contribution < -0.4 is 15.8 Å². The highest BCUT2D eigenvalue weighted by atomic mass is 16.2. The van der Waals surface area contributed by atoms with Crippen LogP contribution in [0.4, 0.5) is 5.69 Å². The second kappa shape index (κ2) is 7.71. The molecule has 3 aliphatic rings. The number of imide groups is 1. The van der Waals surface area contributed by atoms with Crippen LogP contribution in [0.15, 0.2) is 71.5 Å². The first-order valence-corrected chi connectivity index (χ1v) is 13.1. The summed E-state index contributed by atoms with van der Waals surface area (Å²) in [5.41, 5.74) is 3.50. The van der Waals surface area contributed by atoms with Crippen molar-refractivity contribution < 1.29 is 9.59 Å². The summed E-state index contributed by atoms with van der Waals surface area (Å²) in [6.45, 7) is 8.11. The lowest BCUT2D eigenvalue weighted by atomic mass is 9.75. The van der Waals surface area contributed by atoms with E-state index in [0.717, 1.165) is 16.7 Å². The van der Waals surface area contributed by atoms with Crippen LogP contribution in [0.5, 0.6) is 0 Å². The summed E-state index contributed by atoms with van der Waals surface area (Å²) < 4.78 is 1.64. The van der Waals surface area contributed by atoms with Crippen LogP contribution in [-0.4, -0.2) is 27.4 Å². The van der Waals surface area contributed by atoms with Crippen LogP contribution in [0.3, 0.4) is 0 Å². The van der Waals surface area contributed by atoms with Crippen molar-refractivity contribution in [3.05, 3.63) is 99.6 Å². The molecule has 2 fully saturated rings. The molecule has 7 nitrogen and oxygen atoms in total. The third-order valence-electron chi connectivity index (χ3n) is 8.76. The molecule has 7 rings (SSSR count). The Morgan fingerprint density at radius 2 is 1.63 bits per heavy atom. The third kappa shape index (κ3) is 2.72. The zero-order chi connectivity index (χ0) is 26.5. The van der Waals surface area contributed by atoms with Gasteiger partial charge in [-0.1, -0.05) is 50.2 Å². The molecule has 1 N–H and O–H groups in total. The second-order valence-corrected chi connectivity index (χ2v) is 11.1. The Balaban J connectivity index is 1.53. The Hall–Kier alpha value is -4.10. The van der Waals surface area contributed by atoms with Gasteiger partial charge in [-0.25, -0.2) is 9.88 Å². The van der Waals surface area contributed by atoms with E-state index in [1.165, 1.54) is 4.90 Å². The first kappa shape index (κ1) is 23.0. The Kier molecular flexibility index (Phi) is 4.68. The lowest BCUT2D eigenvalue weighted by Gasteiger charge is -2.32. The highest BCUT2D eigenvalue weighted by Gasteiger charge is 2.70. The fourth-order valence-electron chi connectivity index (χ4n) is 6.84. The average Bonchev–Trinajstić information content (AvgIpc) is 3.50. The SMILES string of the molecule is Cc1ccc(N2C(=O)[C@H]3[C@@H](C(C)C)N[C@]4(c5ccccc5-n5c4nc4ccccc4c5=O)[C@H]3C2=O)cc1C. The number of nitrogens with one attached hydrogen (secondary N) is 1. The summed E-state index contributed by atoms with van der Waals surface area (Å²) >= 11 is 0. The maximum atomic E-state index is 14.4. The van der Waals surface area contributed by atoms with Gasteiger partial charge >= 0.3 is 0 Å². The molecule has 2 amide bonds. The zero-order valence-electron chi connectivity index (χ0n) is 21.7. The minimum absolute atomic E-state index is 0.0618. The van der Waals surface area contributed by atoms with Crippen LogP contribution >= 0.6 is 0 Å². The first-order chi connectivity index (χ1) is 18.3. The number of aromatic nitrogens is 2. The van der Waals surface area contributed by atoms with Crippen molar-refractivity contribution >= 4 is 28.4 Å². The fourth-order valence-corrected chi connectivity index (χ4v) is 6.84. The topological polar surface area (TPSA) is 84.3 Å². The van der Waals surface area contributed by atoms with E-state index in [4.69, 9.17) is 4.98 Å². The number of fused-ring (bicyclic) bond motifs is 8. The van der Waals surface area contributed by atoms with Gasteiger partial charge < -0.3 is 0 Å². The number of carbonyl (C=O) groups is 2. The van der Waals surface area contributed by atoms with Crippen LogP contribution in [0.1, 0.15) is 36.4 Å². The molecule has 4 aromatic rings. The maximum Gasteiger partial charge on any atom is 0.266 e. The molecule has 4 atom stereocenters. The Labute approximate surface area is 220 Å². The van der Waals surface area contributed by atoms with Gasteiger partial charge in [-0.2, -0.15) is 0 Å². The molecule has 0 radical (unpaired) electrons. The van der Waals surface area contributed by atoms with Crippen molar-refractivity contribution in [3.63, 3.8) is 0 Å². The van der Waals surface area contributed by atoms with Crippen molar-refractivity contribution in [2.24, 2.45) is 17.8 Å². The number of aryl methyl sites for hydroxylation is 2. The predicted molar refractivity (Wildman–Crippen MR) is 145 cm³/mol. The number of amides is 2. The van der Waals surface area contributed by atoms with Crippen molar-refractivity contribution in [1.82, 2.24) is 14.9 Å². The largest absolute Gasteiger partial charge is 0.296 e. The van der Waals surface area contributed by atoms with Gasteiger partial charge in [0.05, 0.1) is 34.1 Å². The summed E-state index contributed by atoms with van der Waals surface area (Å²) in [5, 5.41) is 4.25. The predicted octanol–water partition coefficient (Wildman–Crippen LogP) is 3.99. The van der Waals surface area contributed by atoms with Crippen LogP contribution in [0, 0.1) is 31.6 Å². The van der Waals surface area contributed by atoms with E-state index in [2.05, 4.69) is 19.2 Å². The molecule has 3 aromatic carbocycles. The number of carbonyl (C=O) groups excluding carboxylic acids is 2. The molecule has 2 saturated heterocycles. The van der Waals surface area contributed by atoms with Gasteiger partial charge in [-0.15, -0.1) is 0 Å². The number of hydrogen-bond acceptors (Lipinski definition) is 5. The summed E-state index contributed by atoms with van der Waals surface area (Å²) in [6.07, 6.45) is 0. The highest BCUT2D eigenvalue weighted by Crippen LogP contribution is 2.56. The van der Waals surface area contributed by atoms with E-state index in [9.17, 15) is 14.4 Å². The number of para-hydroxylation sites is 2. The van der Waals surface area contributed by atoms with E-state index in [0.29, 0.717) is 28.1 Å². The number of hydrogen-bond donors (Lipinski definition) is 1. The van der Waals surface area contributed by atoms with Crippen molar-refractivity contribution in [2.75, 3.05) is 4.90 Å². The van der Waals surface area contributed by atoms with E-state index in [1.807, 2.05) is 74.5 Å². The molecule has 1 aromatic heterocycles. The standard InChI is InChI=1S/C31H28N4O3/c1-16(2)26-24-25(29(38)34(28(24)37)19-14-13-17(3)18(4)15-19)31(33-26)21-10-6-8-12-23(21)35-27(36)20-9-5-7-11-22(20)32-30(31)35/h5-16,24-26,33H,1-4H3/t24-,25-,26-,31-/m1/s1. The summed E-state index contributed by atoms with van der Waals surface area (Å²) in [5.74, 6) is -1.26. The molecule has 38 heavy (non-hydrogen) atoms. The van der Waals surface area contributed by atoms with Crippen LogP contribution in [0.25, 0.3) is 16.6 Å². The van der Waals surface area contributed by atoms with Gasteiger partial charge in [0, 0.05) is 11.6 Å². The molecule has 0 saturated carbocycles. The molecule has 190 valence electrons. The van der Waals surface area contributed by atoms with Gasteiger partial charge in [-0.05, 0) is 61.2 Å². The lowest BCUT2D eigenvalue weighted by Crippen LogP contribution is -2.51. The average molecular weight is 505 g/mol. The smallest absolute Gasteiger partial charge is 0.266 e. The molecule has 7 heteroatoms. The minimum atomic E-state index is -1.11. The number of anilines is 1. The minimum Gasteiger partial charge on any atom is -0.296 e. The summed E-state index contributed by atoms with van der Waals surface area (Å²) in [6, 6.07) is 20.4. The van der Waals surface area contributed by atoms with Gasteiger partial charge in [-0.3, -0.25) is 24.3 Å². The van der Waals surface area contributed by atoms with Crippen molar-refractivity contribution in [2.45, 2.75) is 39.3 Å². The highest BCUT2D eigenvalue weighted by molar-refractivity contribution is 6.23. The van der Waals surface area contributed by atoms with Crippen LogP contribution in [0.2, 0.25) is 0 Å². The normalized spacial score (nSPS) is 25.5. The van der Waals surface area contributed by atoms with E-state index in [1.54, 1.807) is 10.6 Å². The molecule has 0 unspecified atom stereocenters. The molecular weight excluding hydrogens is 476 g/mol. The Morgan fingerprint density at radius 3 is 2.39 bits per heavy atom. The van der Waals surface area contributed by atoms with E-state index in [-0.39, 0.29) is 29.3 Å². The lowest BCUT2D eigenvalue weighted by molar-refractivity contribution is -0.123. The second-order valence-electron chi connectivity index (χ2n) is 11.1. The van der Waals surface area contributed by atoms with Crippen molar-refractivity contribution in [3.8, 4) is 5.69 Å². The molecule has 4 heterocycles. The number of nitrogens with zero attached hydrogens (tertiary/aromatic N) is 3. The molecule has 0 aliphatic carbocycles. The van der Waals surface area contributed by atoms with E-state index < -0.39 is 17.4 Å². The van der Waals surface area contributed by atoms with Crippen molar-refractivity contribution in [1.29, 1.82) is 0 Å². The van der Waals surface area contributed by atoms with Gasteiger partial charge in [0.25, 0.3) is 5.56 Å².